The summed E-state index contributed by atoms with van der Waals surface area (Å²) in [4.78, 5) is 25.1. The predicted molar refractivity (Wildman–Crippen MR) is 133 cm³/mol. The Labute approximate surface area is 205 Å². The average Bonchev–Trinajstić information content (AvgIpc) is 2.89. The molecule has 0 bridgehead atoms. The Bertz CT molecular complexity index is 1110. The van der Waals surface area contributed by atoms with Gasteiger partial charge >= 0.3 is 11.9 Å². The summed E-state index contributed by atoms with van der Waals surface area (Å²) in [5.41, 5.74) is 2.54. The van der Waals surface area contributed by atoms with Crippen molar-refractivity contribution in [2.45, 2.75) is 38.7 Å². The van der Waals surface area contributed by atoms with E-state index in [1.807, 2.05) is 91.0 Å². The van der Waals surface area contributed by atoms with Gasteiger partial charge in [0, 0.05) is 13.1 Å². The Kier molecular flexibility index (Phi) is 10.2. The predicted octanol–water partition coefficient (Wildman–Crippen LogP) is 5.25. The fourth-order valence-corrected chi connectivity index (χ4v) is 4.50. The van der Waals surface area contributed by atoms with Gasteiger partial charge in [-0.2, -0.15) is 0 Å². The molecule has 0 aliphatic rings. The fourth-order valence-electron chi connectivity index (χ4n) is 3.23. The van der Waals surface area contributed by atoms with E-state index in [-0.39, 0.29) is 32.7 Å². The second kappa shape index (κ2) is 13.6. The first kappa shape index (κ1) is 26.4. The van der Waals surface area contributed by atoms with Gasteiger partial charge in [-0.05, 0) is 23.1 Å². The van der Waals surface area contributed by atoms with Crippen LogP contribution in [0.15, 0.2) is 91.0 Å². The summed E-state index contributed by atoms with van der Waals surface area (Å²) in [5, 5.41) is 2.78. The van der Waals surface area contributed by atoms with Crippen LogP contribution in [0.5, 0.6) is 0 Å². The third kappa shape index (κ3) is 9.87. The Hall–Kier alpha value is -3.25. The molecule has 0 spiro atoms. The van der Waals surface area contributed by atoms with Gasteiger partial charge in [-0.25, -0.2) is 5.09 Å². The third-order valence-electron chi connectivity index (χ3n) is 5.10. The van der Waals surface area contributed by atoms with Crippen molar-refractivity contribution in [3.63, 3.8) is 0 Å². The largest absolute Gasteiger partial charge is 0.461 e. The Balaban J connectivity index is 1.58. The number of ether oxygens (including phenoxy) is 2. The molecular weight excluding hydrogens is 465 g/mol. The molecule has 0 fully saturated rings. The first-order chi connectivity index (χ1) is 16.9. The smallest absolute Gasteiger partial charge is 0.323 e. The van der Waals surface area contributed by atoms with E-state index in [4.69, 9.17) is 14.0 Å². The fraction of sp³-hybridized carbons (Fsp3) is 0.259. The highest BCUT2D eigenvalue weighted by molar-refractivity contribution is 7.56. The molecule has 2 atom stereocenters. The van der Waals surface area contributed by atoms with Gasteiger partial charge in [0.25, 0.3) is 7.52 Å². The lowest BCUT2D eigenvalue weighted by molar-refractivity contribution is -0.148. The van der Waals surface area contributed by atoms with Crippen molar-refractivity contribution in [2.24, 2.45) is 0 Å². The van der Waals surface area contributed by atoms with Crippen LogP contribution in [0.3, 0.4) is 0 Å². The Morgan fingerprint density at radius 3 is 1.71 bits per heavy atom. The minimum Gasteiger partial charge on any atom is -0.461 e. The van der Waals surface area contributed by atoms with E-state index in [0.29, 0.717) is 0 Å². The number of hydrogen-bond donors (Lipinski definition) is 1. The van der Waals surface area contributed by atoms with Crippen molar-refractivity contribution in [1.82, 2.24) is 5.09 Å². The van der Waals surface area contributed by atoms with Crippen LogP contribution in [0, 0.1) is 0 Å². The molecule has 184 valence electrons. The van der Waals surface area contributed by atoms with Gasteiger partial charge in [-0.1, -0.05) is 91.0 Å². The highest BCUT2D eigenvalue weighted by Gasteiger charge is 2.29. The Morgan fingerprint density at radius 2 is 1.20 bits per heavy atom. The molecule has 3 aromatic rings. The van der Waals surface area contributed by atoms with Crippen LogP contribution in [-0.4, -0.2) is 24.6 Å². The zero-order valence-corrected chi connectivity index (χ0v) is 20.6. The van der Waals surface area contributed by atoms with Crippen LogP contribution >= 0.6 is 7.52 Å². The molecule has 3 aromatic carbocycles. The molecule has 0 amide bonds. The monoisotopic (exact) mass is 495 g/mol. The number of hydrogen-bond acceptors (Lipinski definition) is 6. The number of benzene rings is 3. The van der Waals surface area contributed by atoms with Crippen LogP contribution in [-0.2, 0) is 48.0 Å². The second-order valence-corrected chi connectivity index (χ2v) is 10.3. The van der Waals surface area contributed by atoms with E-state index in [1.165, 1.54) is 6.66 Å². The van der Waals surface area contributed by atoms with E-state index in [1.54, 1.807) is 0 Å². The highest BCUT2D eigenvalue weighted by atomic mass is 31.2. The molecule has 0 saturated carbocycles. The lowest BCUT2D eigenvalue weighted by atomic mass is 10.1. The zero-order valence-electron chi connectivity index (χ0n) is 19.7. The van der Waals surface area contributed by atoms with Crippen molar-refractivity contribution >= 4 is 19.5 Å². The first-order valence-electron chi connectivity index (χ1n) is 11.4. The van der Waals surface area contributed by atoms with Crippen molar-refractivity contribution < 1.29 is 28.2 Å². The summed E-state index contributed by atoms with van der Waals surface area (Å²) in [7, 11) is -3.39. The summed E-state index contributed by atoms with van der Waals surface area (Å²) < 4.78 is 29.4. The van der Waals surface area contributed by atoms with Gasteiger partial charge in [0.05, 0.1) is 6.61 Å². The minimum atomic E-state index is -3.39. The maximum atomic E-state index is 13.1. The highest BCUT2D eigenvalue weighted by Crippen LogP contribution is 2.40. The van der Waals surface area contributed by atoms with Crippen LogP contribution in [0.1, 0.15) is 29.5 Å². The van der Waals surface area contributed by atoms with E-state index in [0.717, 1.165) is 16.7 Å². The van der Waals surface area contributed by atoms with Crippen molar-refractivity contribution in [1.29, 1.82) is 0 Å². The first-order valence-corrected chi connectivity index (χ1v) is 13.4. The lowest BCUT2D eigenvalue weighted by Crippen LogP contribution is -2.37. The topological polar surface area (TPSA) is 90.9 Å². The average molecular weight is 496 g/mol. The molecule has 1 unspecified atom stereocenters. The van der Waals surface area contributed by atoms with Gasteiger partial charge in [-0.15, -0.1) is 0 Å². The molecule has 0 heterocycles. The molecule has 0 aliphatic heterocycles. The van der Waals surface area contributed by atoms with Gasteiger partial charge < -0.3 is 14.0 Å². The molecular formula is C27H30NO6P. The molecule has 1 N–H and O–H groups in total. The van der Waals surface area contributed by atoms with Gasteiger partial charge in [0.1, 0.15) is 19.3 Å². The molecule has 0 aliphatic carbocycles. The molecule has 7 nitrogen and oxygen atoms in total. The van der Waals surface area contributed by atoms with Crippen molar-refractivity contribution in [2.75, 3.05) is 6.66 Å². The summed E-state index contributed by atoms with van der Waals surface area (Å²) in [6.45, 7) is 1.73. The van der Waals surface area contributed by atoms with E-state index in [9.17, 15) is 14.2 Å². The summed E-state index contributed by atoms with van der Waals surface area (Å²) in [6, 6.07) is 26.9. The summed E-state index contributed by atoms with van der Waals surface area (Å²) in [5.74, 6) is -1.08. The maximum Gasteiger partial charge on any atom is 0.323 e. The summed E-state index contributed by atoms with van der Waals surface area (Å²) in [6.07, 6.45) is -0.00258. The minimum absolute atomic E-state index is 0.0494. The second-order valence-electron chi connectivity index (χ2n) is 8.06. The number of rotatable bonds is 13. The van der Waals surface area contributed by atoms with Crippen molar-refractivity contribution in [3.8, 4) is 0 Å². The standard InChI is InChI=1S/C27H30NO6P/c1-35(31,34-21-24-15-9-4-10-16-24)28-25(27(30)33-20-23-13-7-3-8-14-23)17-18-26(29)32-19-22-11-5-2-6-12-22/h2-16,25H,17-21H2,1H3,(H,28,31)/t25-,35?/m0/s1. The molecule has 35 heavy (non-hydrogen) atoms. The van der Waals surface area contributed by atoms with Crippen LogP contribution < -0.4 is 5.09 Å². The van der Waals surface area contributed by atoms with Crippen LogP contribution in [0.2, 0.25) is 0 Å². The maximum absolute atomic E-state index is 13.1. The molecule has 8 heteroatoms. The van der Waals surface area contributed by atoms with Crippen LogP contribution in [0.4, 0.5) is 0 Å². The van der Waals surface area contributed by atoms with Crippen molar-refractivity contribution in [3.05, 3.63) is 108 Å². The number of esters is 2. The quantitative estimate of drug-likeness (QED) is 0.256. The zero-order chi connectivity index (χ0) is 24.9. The SMILES string of the molecule is CP(=O)(N[C@@H](CCC(=O)OCc1ccccc1)C(=O)OCc1ccccc1)OCc1ccccc1. The van der Waals surface area contributed by atoms with E-state index < -0.39 is 25.5 Å². The summed E-state index contributed by atoms with van der Waals surface area (Å²) >= 11 is 0. The van der Waals surface area contributed by atoms with E-state index in [2.05, 4.69) is 5.09 Å². The molecule has 0 saturated heterocycles. The Morgan fingerprint density at radius 1 is 0.743 bits per heavy atom. The molecule has 3 rings (SSSR count). The van der Waals surface area contributed by atoms with Gasteiger partial charge in [0.2, 0.25) is 0 Å². The number of carbonyl (C=O) groups is 2. The molecule has 0 aromatic heterocycles. The van der Waals surface area contributed by atoms with Gasteiger partial charge in [0.15, 0.2) is 0 Å². The lowest BCUT2D eigenvalue weighted by Gasteiger charge is -2.22. The van der Waals surface area contributed by atoms with Gasteiger partial charge in [-0.3, -0.25) is 14.2 Å². The molecule has 0 radical (unpaired) electrons. The number of carbonyl (C=O) groups excluding carboxylic acids is 2. The number of nitrogens with one attached hydrogen (secondary N) is 1. The normalized spacial score (nSPS) is 13.4. The van der Waals surface area contributed by atoms with E-state index >= 15 is 0 Å². The van der Waals surface area contributed by atoms with Crippen LogP contribution in [0.25, 0.3) is 0 Å². The third-order valence-corrected chi connectivity index (χ3v) is 6.50.